The lowest BCUT2D eigenvalue weighted by Gasteiger charge is -2.23. The first-order valence-corrected chi connectivity index (χ1v) is 21.9. The maximum Gasteiger partial charge on any atom is 0.341 e. The van der Waals surface area contributed by atoms with Crippen LogP contribution in [0, 0.1) is 0 Å². The van der Waals surface area contributed by atoms with Crippen molar-refractivity contribution < 1.29 is 29.1 Å². The number of hydrogen-bond donors (Lipinski definition) is 4. The Morgan fingerprint density at radius 1 is 0.569 bits per heavy atom. The smallest absolute Gasteiger partial charge is 0.341 e. The maximum absolute atomic E-state index is 12.4. The highest BCUT2D eigenvalue weighted by Gasteiger charge is 2.18. The molecule has 16 heteroatoms. The van der Waals surface area contributed by atoms with Gasteiger partial charge in [0.2, 0.25) is 23.7 Å². The van der Waals surface area contributed by atoms with E-state index in [0.717, 1.165) is 67.7 Å². The number of benzene rings is 4. The Balaban J connectivity index is 0.000000244. The highest BCUT2D eigenvalue weighted by Crippen LogP contribution is 2.33. The van der Waals surface area contributed by atoms with Crippen molar-refractivity contribution in [2.24, 2.45) is 0 Å². The number of unbranched alkanes of at least 4 members (excludes halogenated alkanes) is 6. The summed E-state index contributed by atoms with van der Waals surface area (Å²) < 4.78 is 5.33. The number of carbonyl (C=O) groups is 4. The quantitative estimate of drug-likeness (QED) is 0.0219. The average molecular weight is 900 g/mol. The van der Waals surface area contributed by atoms with Crippen LogP contribution in [0.15, 0.2) is 140 Å². The van der Waals surface area contributed by atoms with Crippen LogP contribution >= 0.6 is 11.6 Å². The first-order chi connectivity index (χ1) is 31.8. The van der Waals surface area contributed by atoms with Crippen LogP contribution in [0.4, 0.5) is 34.6 Å². The summed E-state index contributed by atoms with van der Waals surface area (Å²) in [5, 5.41) is 14.5. The average Bonchev–Trinajstić information content (AvgIpc) is 3.35. The van der Waals surface area contributed by atoms with Gasteiger partial charge in [-0.05, 0) is 80.3 Å². The van der Waals surface area contributed by atoms with Crippen molar-refractivity contribution in [2.45, 2.75) is 64.2 Å². The minimum Gasteiger partial charge on any atom is -0.462 e. The lowest BCUT2D eigenvalue weighted by molar-refractivity contribution is -0.129. The molecular formula is C49H54ClN9O6. The van der Waals surface area contributed by atoms with E-state index in [-0.39, 0.29) is 23.3 Å². The molecular weight excluding hydrogens is 846 g/mol. The highest BCUT2D eigenvalue weighted by molar-refractivity contribution is 6.30. The molecule has 0 aliphatic heterocycles. The Morgan fingerprint density at radius 2 is 1.03 bits per heavy atom. The van der Waals surface area contributed by atoms with Gasteiger partial charge in [-0.2, -0.15) is 0 Å². The Bertz CT molecular complexity index is 2320. The zero-order valence-corrected chi connectivity index (χ0v) is 37.1. The summed E-state index contributed by atoms with van der Waals surface area (Å²) in [6, 6.07) is 36.7. The van der Waals surface area contributed by atoms with Crippen LogP contribution in [-0.2, 0) is 14.3 Å². The Kier molecular flexibility index (Phi) is 20.3. The number of carbonyl (C=O) groups excluding carboxylic acids is 4. The number of esters is 1. The normalized spacial score (nSPS) is 10.4. The van der Waals surface area contributed by atoms with Gasteiger partial charge in [-0.25, -0.2) is 30.2 Å². The molecule has 0 atom stereocenters. The van der Waals surface area contributed by atoms with Crippen molar-refractivity contribution in [3.63, 3.8) is 0 Å². The zero-order chi connectivity index (χ0) is 46.1. The van der Waals surface area contributed by atoms with E-state index < -0.39 is 5.97 Å². The molecule has 0 saturated heterocycles. The number of rotatable bonds is 22. The fourth-order valence-electron chi connectivity index (χ4n) is 6.44. The lowest BCUT2D eigenvalue weighted by Crippen LogP contribution is -2.25. The first-order valence-electron chi connectivity index (χ1n) is 21.5. The van der Waals surface area contributed by atoms with E-state index in [1.54, 1.807) is 18.6 Å². The summed E-state index contributed by atoms with van der Waals surface area (Å²) in [7, 11) is 1.63. The Morgan fingerprint density at radius 3 is 1.54 bits per heavy atom. The van der Waals surface area contributed by atoms with Gasteiger partial charge in [0.25, 0.3) is 5.91 Å². The van der Waals surface area contributed by atoms with Crippen LogP contribution in [0.25, 0.3) is 0 Å². The van der Waals surface area contributed by atoms with Crippen LogP contribution in [-0.4, -0.2) is 69.0 Å². The molecule has 6 aromatic rings. The number of amides is 3. The monoisotopic (exact) mass is 899 g/mol. The van der Waals surface area contributed by atoms with E-state index in [1.165, 1.54) is 24.8 Å². The molecule has 0 unspecified atom stereocenters. The molecule has 0 saturated carbocycles. The first kappa shape index (κ1) is 48.8. The van der Waals surface area contributed by atoms with Gasteiger partial charge in [0.15, 0.2) is 0 Å². The summed E-state index contributed by atoms with van der Waals surface area (Å²) in [6.45, 7) is 0.853. The maximum atomic E-state index is 12.4. The molecule has 3 amide bonds. The topological polar surface area (TPSA) is 192 Å². The van der Waals surface area contributed by atoms with Gasteiger partial charge in [-0.1, -0.05) is 97.9 Å². The molecule has 6 rings (SSSR count). The SMILES string of the molecule is CNC(=O)CCCCCCOC(=O)c1cnc(N(c2ccccc2)c2cccc(Cl)c2)nc1.O=C(CCCCCCNC(=O)c1cnc(N(c2ccccc2)c2ccccc2)nc1)NO. The van der Waals surface area contributed by atoms with Crippen LogP contribution in [0.1, 0.15) is 84.9 Å². The molecule has 0 spiro atoms. The number of hydrogen-bond acceptors (Lipinski definition) is 12. The summed E-state index contributed by atoms with van der Waals surface area (Å²) in [6.07, 6.45) is 13.5. The number of para-hydroxylation sites is 3. The predicted molar refractivity (Wildman–Crippen MR) is 251 cm³/mol. The van der Waals surface area contributed by atoms with Crippen molar-refractivity contribution in [3.8, 4) is 0 Å². The molecule has 65 heavy (non-hydrogen) atoms. The highest BCUT2D eigenvalue weighted by atomic mass is 35.5. The van der Waals surface area contributed by atoms with Gasteiger partial charge in [-0.3, -0.25) is 29.4 Å². The second kappa shape index (κ2) is 27.1. The summed E-state index contributed by atoms with van der Waals surface area (Å²) in [5.41, 5.74) is 5.83. The van der Waals surface area contributed by atoms with Crippen molar-refractivity contribution in [2.75, 3.05) is 30.0 Å². The van der Waals surface area contributed by atoms with Crippen LogP contribution in [0.3, 0.4) is 0 Å². The van der Waals surface area contributed by atoms with Gasteiger partial charge in [0.05, 0.1) is 23.4 Å². The molecule has 15 nitrogen and oxygen atoms in total. The van der Waals surface area contributed by atoms with E-state index in [1.807, 2.05) is 119 Å². The fourth-order valence-corrected chi connectivity index (χ4v) is 6.63. The number of nitrogens with one attached hydrogen (secondary N) is 3. The third-order valence-corrected chi connectivity index (χ3v) is 10.1. The van der Waals surface area contributed by atoms with Crippen molar-refractivity contribution in [1.82, 2.24) is 36.0 Å². The molecule has 4 aromatic carbocycles. The van der Waals surface area contributed by atoms with E-state index in [0.29, 0.717) is 54.9 Å². The second-order valence-electron chi connectivity index (χ2n) is 14.6. The summed E-state index contributed by atoms with van der Waals surface area (Å²) >= 11 is 6.19. The fraction of sp³-hybridized carbons (Fsp3) is 0.265. The van der Waals surface area contributed by atoms with E-state index >= 15 is 0 Å². The number of ether oxygens (including phenoxy) is 1. The molecule has 4 N–H and O–H groups in total. The molecule has 0 fully saturated rings. The minimum atomic E-state index is -0.457. The largest absolute Gasteiger partial charge is 0.462 e. The van der Waals surface area contributed by atoms with Gasteiger partial charge < -0.3 is 15.4 Å². The summed E-state index contributed by atoms with van der Waals surface area (Å²) in [5.74, 6) is -0.115. The molecule has 0 bridgehead atoms. The number of anilines is 6. The number of nitrogens with zero attached hydrogens (tertiary/aromatic N) is 6. The van der Waals surface area contributed by atoms with Gasteiger partial charge >= 0.3 is 5.97 Å². The van der Waals surface area contributed by atoms with E-state index in [2.05, 4.69) is 30.6 Å². The third-order valence-electron chi connectivity index (χ3n) is 9.83. The zero-order valence-electron chi connectivity index (χ0n) is 36.3. The van der Waals surface area contributed by atoms with Crippen molar-refractivity contribution in [1.29, 1.82) is 0 Å². The lowest BCUT2D eigenvalue weighted by atomic mass is 10.1. The Labute approximate surface area is 384 Å². The number of aromatic nitrogens is 4. The van der Waals surface area contributed by atoms with E-state index in [9.17, 15) is 19.2 Å². The van der Waals surface area contributed by atoms with Crippen LogP contribution in [0.2, 0.25) is 5.02 Å². The molecule has 2 aromatic heterocycles. The van der Waals surface area contributed by atoms with Crippen molar-refractivity contribution >= 4 is 69.9 Å². The molecule has 0 radical (unpaired) electrons. The van der Waals surface area contributed by atoms with Gasteiger partial charge in [0.1, 0.15) is 0 Å². The molecule has 0 aliphatic rings. The van der Waals surface area contributed by atoms with E-state index in [4.69, 9.17) is 21.5 Å². The molecule has 2 heterocycles. The number of hydroxylamine groups is 1. The van der Waals surface area contributed by atoms with Crippen LogP contribution in [0.5, 0.6) is 0 Å². The third kappa shape index (κ3) is 16.1. The molecule has 338 valence electrons. The standard InChI is InChI=1S/C25H27ClN4O3.C24H27N5O3/c1-27-23(31)14-7-2-3-8-15-33-24(32)19-17-28-25(29-18-19)30(21-11-5-4-6-12-21)22-13-9-10-20(26)16-22;30-22(28-32)15-9-1-2-10-16-25-23(31)19-17-26-24(27-18-19)29(20-11-5-3-6-12-20)21-13-7-4-8-14-21/h4-6,9-13,16-18H,2-3,7-8,14-15H2,1H3,(H,27,31);3-8,11-14,17-18,32H,1-2,9-10,15-16H2,(H,25,31)(H,28,30). The van der Waals surface area contributed by atoms with Gasteiger partial charge in [0, 0.05) is 73.3 Å². The second-order valence-corrected chi connectivity index (χ2v) is 15.1. The van der Waals surface area contributed by atoms with Crippen LogP contribution < -0.4 is 25.9 Å². The molecule has 0 aliphatic carbocycles. The number of halogens is 1. The van der Waals surface area contributed by atoms with Crippen molar-refractivity contribution in [3.05, 3.63) is 156 Å². The summed E-state index contributed by atoms with van der Waals surface area (Å²) in [4.78, 5) is 68.4. The Hall–Kier alpha value is -7.23. The predicted octanol–water partition coefficient (Wildman–Crippen LogP) is 9.59. The van der Waals surface area contributed by atoms with Gasteiger partial charge in [-0.15, -0.1) is 0 Å². The minimum absolute atomic E-state index is 0.0473.